The van der Waals surface area contributed by atoms with Crippen molar-refractivity contribution in [2.75, 3.05) is 23.9 Å². The molecule has 0 fully saturated rings. The van der Waals surface area contributed by atoms with Crippen molar-refractivity contribution in [3.8, 4) is 5.75 Å². The number of halogens is 3. The second-order valence-electron chi connectivity index (χ2n) is 6.36. The molecule has 3 aromatic rings. The number of rotatable bonds is 6. The SMILES string of the molecule is CCOc1ccc(Nc2nc(N(C)c3ccccc3C)ncc2C(F)(F)F)cc1. The van der Waals surface area contributed by atoms with E-state index in [1.165, 1.54) is 0 Å². The second kappa shape index (κ2) is 8.38. The van der Waals surface area contributed by atoms with E-state index in [-0.39, 0.29) is 11.8 Å². The zero-order chi connectivity index (χ0) is 21.0. The van der Waals surface area contributed by atoms with Gasteiger partial charge in [0, 0.05) is 24.6 Å². The van der Waals surface area contributed by atoms with Gasteiger partial charge in [-0.15, -0.1) is 0 Å². The van der Waals surface area contributed by atoms with Crippen LogP contribution in [-0.2, 0) is 6.18 Å². The number of nitrogens with zero attached hydrogens (tertiary/aromatic N) is 3. The van der Waals surface area contributed by atoms with Gasteiger partial charge in [0.15, 0.2) is 0 Å². The summed E-state index contributed by atoms with van der Waals surface area (Å²) in [6, 6.07) is 14.1. The number of ether oxygens (including phenoxy) is 1. The first kappa shape index (κ1) is 20.4. The Morgan fingerprint density at radius 2 is 1.76 bits per heavy atom. The summed E-state index contributed by atoms with van der Waals surface area (Å²) >= 11 is 0. The second-order valence-corrected chi connectivity index (χ2v) is 6.36. The van der Waals surface area contributed by atoms with E-state index in [0.29, 0.717) is 18.0 Å². The largest absolute Gasteiger partial charge is 0.494 e. The van der Waals surface area contributed by atoms with Crippen LogP contribution < -0.4 is 15.0 Å². The Kier molecular flexibility index (Phi) is 5.91. The molecule has 1 N–H and O–H groups in total. The smallest absolute Gasteiger partial charge is 0.421 e. The highest BCUT2D eigenvalue weighted by Gasteiger charge is 2.35. The van der Waals surface area contributed by atoms with Gasteiger partial charge in [0.05, 0.1) is 6.61 Å². The molecule has 2 aromatic carbocycles. The first-order chi connectivity index (χ1) is 13.8. The quantitative estimate of drug-likeness (QED) is 0.572. The number of aromatic nitrogens is 2. The molecule has 0 atom stereocenters. The molecule has 29 heavy (non-hydrogen) atoms. The van der Waals surface area contributed by atoms with Crippen LogP contribution in [0.3, 0.4) is 0 Å². The number of alkyl halides is 3. The zero-order valence-electron chi connectivity index (χ0n) is 16.3. The zero-order valence-corrected chi connectivity index (χ0v) is 16.3. The fourth-order valence-corrected chi connectivity index (χ4v) is 2.82. The first-order valence-electron chi connectivity index (χ1n) is 9.03. The fourth-order valence-electron chi connectivity index (χ4n) is 2.82. The molecule has 152 valence electrons. The van der Waals surface area contributed by atoms with Crippen molar-refractivity contribution in [3.05, 3.63) is 65.9 Å². The molecule has 8 heteroatoms. The van der Waals surface area contributed by atoms with E-state index < -0.39 is 11.7 Å². The maximum atomic E-state index is 13.5. The number of para-hydroxylation sites is 1. The lowest BCUT2D eigenvalue weighted by molar-refractivity contribution is -0.137. The van der Waals surface area contributed by atoms with Gasteiger partial charge < -0.3 is 15.0 Å². The average molecular weight is 402 g/mol. The van der Waals surface area contributed by atoms with Gasteiger partial charge >= 0.3 is 6.18 Å². The first-order valence-corrected chi connectivity index (χ1v) is 9.03. The minimum Gasteiger partial charge on any atom is -0.494 e. The molecule has 0 aliphatic rings. The number of hydrogen-bond donors (Lipinski definition) is 1. The topological polar surface area (TPSA) is 50.3 Å². The van der Waals surface area contributed by atoms with Crippen LogP contribution in [-0.4, -0.2) is 23.6 Å². The highest BCUT2D eigenvalue weighted by Crippen LogP contribution is 2.36. The Balaban J connectivity index is 1.97. The molecule has 0 spiro atoms. The minimum atomic E-state index is -4.59. The van der Waals surface area contributed by atoms with Gasteiger partial charge in [-0.25, -0.2) is 4.98 Å². The van der Waals surface area contributed by atoms with Gasteiger partial charge in [0.25, 0.3) is 0 Å². The monoisotopic (exact) mass is 402 g/mol. The lowest BCUT2D eigenvalue weighted by Gasteiger charge is -2.21. The molecule has 3 rings (SSSR count). The molecule has 0 radical (unpaired) electrons. The number of anilines is 4. The molecule has 0 saturated heterocycles. The van der Waals surface area contributed by atoms with Crippen molar-refractivity contribution in [1.29, 1.82) is 0 Å². The molecule has 1 heterocycles. The van der Waals surface area contributed by atoms with Crippen molar-refractivity contribution in [2.24, 2.45) is 0 Å². The maximum absolute atomic E-state index is 13.5. The van der Waals surface area contributed by atoms with Crippen LogP contribution in [0.5, 0.6) is 5.75 Å². The molecular formula is C21H21F3N4O. The molecule has 0 aliphatic heterocycles. The summed E-state index contributed by atoms with van der Waals surface area (Å²) in [6.45, 7) is 4.27. The average Bonchev–Trinajstić information content (AvgIpc) is 2.69. The highest BCUT2D eigenvalue weighted by molar-refractivity contribution is 5.65. The summed E-state index contributed by atoms with van der Waals surface area (Å²) in [4.78, 5) is 9.75. The van der Waals surface area contributed by atoms with Crippen LogP contribution in [0.2, 0.25) is 0 Å². The summed E-state index contributed by atoms with van der Waals surface area (Å²) in [5.41, 5.74) is 1.29. The summed E-state index contributed by atoms with van der Waals surface area (Å²) in [5, 5.41) is 2.76. The normalized spacial score (nSPS) is 11.2. The van der Waals surface area contributed by atoms with Gasteiger partial charge in [-0.3, -0.25) is 0 Å². The molecule has 0 unspecified atom stereocenters. The van der Waals surface area contributed by atoms with Crippen molar-refractivity contribution in [2.45, 2.75) is 20.0 Å². The van der Waals surface area contributed by atoms with Crippen LogP contribution in [0.4, 0.5) is 36.3 Å². The van der Waals surface area contributed by atoms with E-state index in [1.807, 2.05) is 38.1 Å². The lowest BCUT2D eigenvalue weighted by atomic mass is 10.2. The fraction of sp³-hybridized carbons (Fsp3) is 0.238. The van der Waals surface area contributed by atoms with E-state index in [1.54, 1.807) is 36.2 Å². The third kappa shape index (κ3) is 4.77. The van der Waals surface area contributed by atoms with E-state index in [2.05, 4.69) is 15.3 Å². The van der Waals surface area contributed by atoms with Gasteiger partial charge in [-0.2, -0.15) is 18.2 Å². The van der Waals surface area contributed by atoms with Crippen LogP contribution >= 0.6 is 0 Å². The Labute approximate surface area is 167 Å². The van der Waals surface area contributed by atoms with Crippen LogP contribution in [0.25, 0.3) is 0 Å². The van der Waals surface area contributed by atoms with E-state index in [9.17, 15) is 13.2 Å². The van der Waals surface area contributed by atoms with Crippen LogP contribution in [0.1, 0.15) is 18.1 Å². The lowest BCUT2D eigenvalue weighted by Crippen LogP contribution is -2.18. The summed E-state index contributed by atoms with van der Waals surface area (Å²) < 4.78 is 45.8. The summed E-state index contributed by atoms with van der Waals surface area (Å²) in [6.07, 6.45) is -3.79. The van der Waals surface area contributed by atoms with Crippen molar-refractivity contribution < 1.29 is 17.9 Å². The maximum Gasteiger partial charge on any atom is 0.421 e. The third-order valence-electron chi connectivity index (χ3n) is 4.29. The Hall–Kier alpha value is -3.29. The van der Waals surface area contributed by atoms with E-state index >= 15 is 0 Å². The number of aryl methyl sites for hydroxylation is 1. The minimum absolute atomic E-state index is 0.153. The van der Waals surface area contributed by atoms with Gasteiger partial charge in [-0.05, 0) is 49.7 Å². The van der Waals surface area contributed by atoms with Crippen molar-refractivity contribution in [1.82, 2.24) is 9.97 Å². The Bertz CT molecular complexity index is 974. The van der Waals surface area contributed by atoms with Gasteiger partial charge in [0.1, 0.15) is 17.1 Å². The highest BCUT2D eigenvalue weighted by atomic mass is 19.4. The predicted molar refractivity (Wildman–Crippen MR) is 107 cm³/mol. The number of benzene rings is 2. The Morgan fingerprint density at radius 1 is 1.07 bits per heavy atom. The van der Waals surface area contributed by atoms with Crippen molar-refractivity contribution >= 4 is 23.1 Å². The van der Waals surface area contributed by atoms with Crippen LogP contribution in [0.15, 0.2) is 54.7 Å². The molecule has 1 aromatic heterocycles. The Morgan fingerprint density at radius 3 is 2.38 bits per heavy atom. The van der Waals surface area contributed by atoms with Gasteiger partial charge in [0.2, 0.25) is 5.95 Å². The summed E-state index contributed by atoms with van der Waals surface area (Å²) in [5.74, 6) is 0.476. The number of nitrogens with one attached hydrogen (secondary N) is 1. The molecule has 0 saturated carbocycles. The van der Waals surface area contributed by atoms with Crippen molar-refractivity contribution in [3.63, 3.8) is 0 Å². The third-order valence-corrected chi connectivity index (χ3v) is 4.29. The standard InChI is InChI=1S/C21H21F3N4O/c1-4-29-16-11-9-15(10-12-16)26-19-17(21(22,23)24)13-25-20(27-19)28(3)18-8-6-5-7-14(18)2/h5-13H,4H2,1-3H3,(H,25,26,27). The number of hydrogen-bond acceptors (Lipinski definition) is 5. The van der Waals surface area contributed by atoms with E-state index in [0.717, 1.165) is 17.4 Å². The predicted octanol–water partition coefficient (Wildman–Crippen LogP) is 5.71. The molecule has 0 bridgehead atoms. The summed E-state index contributed by atoms with van der Waals surface area (Å²) in [7, 11) is 1.71. The molecular weight excluding hydrogens is 381 g/mol. The molecule has 0 aliphatic carbocycles. The van der Waals surface area contributed by atoms with Crippen LogP contribution in [0, 0.1) is 6.92 Å². The molecule has 0 amide bonds. The van der Waals surface area contributed by atoms with Gasteiger partial charge in [-0.1, -0.05) is 18.2 Å². The molecule has 5 nitrogen and oxygen atoms in total. The van der Waals surface area contributed by atoms with E-state index in [4.69, 9.17) is 4.74 Å².